The molecule has 114 valence electrons. The summed E-state index contributed by atoms with van der Waals surface area (Å²) in [7, 11) is 1.60. The number of carbonyl (C=O) groups excluding carboxylic acids is 2. The molecule has 2 N–H and O–H groups in total. The molecule has 1 heterocycles. The molecule has 5 heteroatoms. The van der Waals surface area contributed by atoms with Gasteiger partial charge in [-0.15, -0.1) is 0 Å². The van der Waals surface area contributed by atoms with Crippen LogP contribution in [0, 0.1) is 0 Å². The van der Waals surface area contributed by atoms with Crippen molar-refractivity contribution >= 4 is 11.8 Å². The van der Waals surface area contributed by atoms with Gasteiger partial charge in [-0.2, -0.15) is 0 Å². The van der Waals surface area contributed by atoms with Gasteiger partial charge in [-0.05, 0) is 35.7 Å². The summed E-state index contributed by atoms with van der Waals surface area (Å²) < 4.78 is 0. The van der Waals surface area contributed by atoms with Gasteiger partial charge in [0.05, 0.1) is 0 Å². The molecule has 0 aliphatic carbocycles. The second-order valence-electron chi connectivity index (χ2n) is 4.91. The van der Waals surface area contributed by atoms with E-state index < -0.39 is 0 Å². The van der Waals surface area contributed by atoms with Crippen LogP contribution in [0.25, 0.3) is 0 Å². The summed E-state index contributed by atoms with van der Waals surface area (Å²) in [6.45, 7) is 0.458. The SMILES string of the molecule is CNC(=O)c1ccc(CNC(=O)CCc2cccnc2)cc1. The molecule has 1 aromatic heterocycles. The molecule has 0 unspecified atom stereocenters. The monoisotopic (exact) mass is 297 g/mol. The molecule has 0 atom stereocenters. The Balaban J connectivity index is 1.77. The number of amides is 2. The van der Waals surface area contributed by atoms with E-state index in [-0.39, 0.29) is 11.8 Å². The number of nitrogens with zero attached hydrogens (tertiary/aromatic N) is 1. The maximum absolute atomic E-state index is 11.8. The number of carbonyl (C=O) groups is 2. The number of pyridine rings is 1. The Morgan fingerprint density at radius 2 is 1.86 bits per heavy atom. The quantitative estimate of drug-likeness (QED) is 0.852. The van der Waals surface area contributed by atoms with Crippen molar-refractivity contribution in [2.75, 3.05) is 7.05 Å². The topological polar surface area (TPSA) is 71.1 Å². The maximum Gasteiger partial charge on any atom is 0.251 e. The Labute approximate surface area is 129 Å². The zero-order chi connectivity index (χ0) is 15.8. The van der Waals surface area contributed by atoms with Crippen molar-refractivity contribution in [1.29, 1.82) is 0 Å². The highest BCUT2D eigenvalue weighted by Crippen LogP contribution is 2.05. The molecule has 0 aliphatic rings. The van der Waals surface area contributed by atoms with Crippen LogP contribution in [0.4, 0.5) is 0 Å². The van der Waals surface area contributed by atoms with Crippen LogP contribution in [0.15, 0.2) is 48.8 Å². The van der Waals surface area contributed by atoms with Crippen LogP contribution in [0.2, 0.25) is 0 Å². The van der Waals surface area contributed by atoms with Gasteiger partial charge in [-0.25, -0.2) is 0 Å². The molecule has 2 aromatic rings. The fraction of sp³-hybridized carbons (Fsp3) is 0.235. The second-order valence-corrected chi connectivity index (χ2v) is 4.91. The largest absolute Gasteiger partial charge is 0.355 e. The molecule has 0 aliphatic heterocycles. The lowest BCUT2D eigenvalue weighted by Crippen LogP contribution is -2.23. The van der Waals surface area contributed by atoms with Gasteiger partial charge in [0.15, 0.2) is 0 Å². The van der Waals surface area contributed by atoms with Crippen molar-refractivity contribution in [3.05, 3.63) is 65.5 Å². The maximum atomic E-state index is 11.8. The molecule has 0 saturated heterocycles. The number of hydrogen-bond acceptors (Lipinski definition) is 3. The van der Waals surface area contributed by atoms with Gasteiger partial charge in [0, 0.05) is 38.0 Å². The van der Waals surface area contributed by atoms with Crippen LogP contribution in [-0.4, -0.2) is 23.8 Å². The number of aromatic nitrogens is 1. The number of benzene rings is 1. The smallest absolute Gasteiger partial charge is 0.251 e. The third-order valence-electron chi connectivity index (χ3n) is 3.30. The molecule has 2 amide bonds. The summed E-state index contributed by atoms with van der Waals surface area (Å²) in [5, 5.41) is 5.44. The predicted molar refractivity (Wildman–Crippen MR) is 84.2 cm³/mol. The van der Waals surface area contributed by atoms with E-state index in [1.165, 1.54) is 0 Å². The average Bonchev–Trinajstić information content (AvgIpc) is 2.58. The van der Waals surface area contributed by atoms with E-state index in [4.69, 9.17) is 0 Å². The van der Waals surface area contributed by atoms with Crippen molar-refractivity contribution in [2.45, 2.75) is 19.4 Å². The summed E-state index contributed by atoms with van der Waals surface area (Å²) in [4.78, 5) is 27.3. The van der Waals surface area contributed by atoms with Gasteiger partial charge in [-0.3, -0.25) is 14.6 Å². The molecule has 0 bridgehead atoms. The summed E-state index contributed by atoms with van der Waals surface area (Å²) in [6.07, 6.45) is 4.59. The standard InChI is InChI=1S/C17H19N3O2/c1-18-17(22)15-7-4-14(5-8-15)12-20-16(21)9-6-13-3-2-10-19-11-13/h2-5,7-8,10-11H,6,9,12H2,1H3,(H,18,22)(H,20,21). The lowest BCUT2D eigenvalue weighted by atomic mass is 10.1. The van der Waals surface area contributed by atoms with Gasteiger partial charge < -0.3 is 10.6 Å². The zero-order valence-corrected chi connectivity index (χ0v) is 12.5. The van der Waals surface area contributed by atoms with Crippen LogP contribution in [-0.2, 0) is 17.8 Å². The third kappa shape index (κ3) is 4.70. The number of nitrogens with one attached hydrogen (secondary N) is 2. The van der Waals surface area contributed by atoms with Crippen LogP contribution in [0.5, 0.6) is 0 Å². The van der Waals surface area contributed by atoms with E-state index in [2.05, 4.69) is 15.6 Å². The third-order valence-corrected chi connectivity index (χ3v) is 3.30. The Kier molecular flexibility index (Phi) is 5.65. The van der Waals surface area contributed by atoms with Crippen molar-refractivity contribution in [3.63, 3.8) is 0 Å². The molecule has 0 saturated carbocycles. The van der Waals surface area contributed by atoms with E-state index in [1.54, 1.807) is 31.6 Å². The van der Waals surface area contributed by atoms with Crippen LogP contribution >= 0.6 is 0 Å². The highest BCUT2D eigenvalue weighted by atomic mass is 16.2. The first-order valence-electron chi connectivity index (χ1n) is 7.15. The molecule has 1 aromatic carbocycles. The highest BCUT2D eigenvalue weighted by Gasteiger charge is 2.04. The summed E-state index contributed by atoms with van der Waals surface area (Å²) in [6, 6.07) is 11.0. The lowest BCUT2D eigenvalue weighted by Gasteiger charge is -2.06. The van der Waals surface area contributed by atoms with E-state index in [0.717, 1.165) is 11.1 Å². The van der Waals surface area contributed by atoms with Gasteiger partial charge >= 0.3 is 0 Å². The first-order chi connectivity index (χ1) is 10.7. The van der Waals surface area contributed by atoms with Gasteiger partial charge in [0.25, 0.3) is 5.91 Å². The fourth-order valence-corrected chi connectivity index (χ4v) is 2.01. The van der Waals surface area contributed by atoms with Crippen LogP contribution in [0.1, 0.15) is 27.9 Å². The Morgan fingerprint density at radius 1 is 1.09 bits per heavy atom. The first kappa shape index (κ1) is 15.7. The van der Waals surface area contributed by atoms with E-state index in [1.807, 2.05) is 24.3 Å². The minimum Gasteiger partial charge on any atom is -0.355 e. The Morgan fingerprint density at radius 3 is 2.50 bits per heavy atom. The molecular formula is C17H19N3O2. The second kappa shape index (κ2) is 7.93. The molecule has 0 fully saturated rings. The minimum absolute atomic E-state index is 0.000712. The van der Waals surface area contributed by atoms with E-state index in [9.17, 15) is 9.59 Å². The molecule has 5 nitrogen and oxygen atoms in total. The fourth-order valence-electron chi connectivity index (χ4n) is 2.01. The number of hydrogen-bond donors (Lipinski definition) is 2. The summed E-state index contributed by atoms with van der Waals surface area (Å²) in [5.41, 5.74) is 2.61. The Bertz CT molecular complexity index is 624. The van der Waals surface area contributed by atoms with Crippen LogP contribution in [0.3, 0.4) is 0 Å². The van der Waals surface area contributed by atoms with E-state index in [0.29, 0.717) is 24.9 Å². The van der Waals surface area contributed by atoms with Gasteiger partial charge in [0.2, 0.25) is 5.91 Å². The minimum atomic E-state index is -0.118. The number of rotatable bonds is 6. The van der Waals surface area contributed by atoms with E-state index >= 15 is 0 Å². The van der Waals surface area contributed by atoms with Crippen molar-refractivity contribution in [1.82, 2.24) is 15.6 Å². The first-order valence-corrected chi connectivity index (χ1v) is 7.15. The predicted octanol–water partition coefficient (Wildman–Crippen LogP) is 1.69. The van der Waals surface area contributed by atoms with Crippen molar-refractivity contribution in [2.24, 2.45) is 0 Å². The Hall–Kier alpha value is -2.69. The normalized spacial score (nSPS) is 10.0. The molecule has 0 spiro atoms. The molecule has 2 rings (SSSR count). The summed E-state index contributed by atoms with van der Waals surface area (Å²) >= 11 is 0. The molecule has 22 heavy (non-hydrogen) atoms. The molecule has 0 radical (unpaired) electrons. The van der Waals surface area contributed by atoms with Gasteiger partial charge in [-0.1, -0.05) is 18.2 Å². The highest BCUT2D eigenvalue weighted by molar-refractivity contribution is 5.93. The van der Waals surface area contributed by atoms with Crippen molar-refractivity contribution in [3.8, 4) is 0 Å². The number of aryl methyl sites for hydroxylation is 1. The molecular weight excluding hydrogens is 278 g/mol. The lowest BCUT2D eigenvalue weighted by molar-refractivity contribution is -0.121. The van der Waals surface area contributed by atoms with Gasteiger partial charge in [0.1, 0.15) is 0 Å². The summed E-state index contributed by atoms with van der Waals surface area (Å²) in [5.74, 6) is -0.119. The van der Waals surface area contributed by atoms with Crippen LogP contribution < -0.4 is 10.6 Å². The van der Waals surface area contributed by atoms with Crippen molar-refractivity contribution < 1.29 is 9.59 Å². The zero-order valence-electron chi connectivity index (χ0n) is 12.5. The average molecular weight is 297 g/mol.